The molecule has 0 radical (unpaired) electrons. The van der Waals surface area contributed by atoms with Crippen molar-refractivity contribution in [2.24, 2.45) is 7.05 Å². The van der Waals surface area contributed by atoms with Gasteiger partial charge in [-0.1, -0.05) is 12.1 Å². The number of nitrogens with zero attached hydrogens (tertiary/aromatic N) is 2. The van der Waals surface area contributed by atoms with Gasteiger partial charge < -0.3 is 11.1 Å². The molecule has 0 aliphatic heterocycles. The molecule has 1 aliphatic carbocycles. The molecule has 0 atom stereocenters. The van der Waals surface area contributed by atoms with E-state index < -0.39 is 23.2 Å². The van der Waals surface area contributed by atoms with E-state index >= 15 is 0 Å². The van der Waals surface area contributed by atoms with Gasteiger partial charge in [-0.3, -0.25) is 9.48 Å². The van der Waals surface area contributed by atoms with E-state index in [-0.39, 0.29) is 11.4 Å². The number of hydrogen-bond acceptors (Lipinski definition) is 3. The van der Waals surface area contributed by atoms with Gasteiger partial charge in [-0.05, 0) is 43.9 Å². The molecule has 1 amide bonds. The second-order valence-corrected chi connectivity index (χ2v) is 6.44. The van der Waals surface area contributed by atoms with Crippen LogP contribution in [0.3, 0.4) is 0 Å². The number of nitrogen functional groups attached to an aromatic ring is 1. The summed E-state index contributed by atoms with van der Waals surface area (Å²) in [5.41, 5.74) is 5.58. The molecule has 25 heavy (non-hydrogen) atoms. The van der Waals surface area contributed by atoms with Gasteiger partial charge in [0.2, 0.25) is 0 Å². The highest BCUT2D eigenvalue weighted by atomic mass is 19.4. The molecular formula is C17H19F3N4O. The molecule has 1 aromatic heterocycles. The minimum atomic E-state index is -4.42. The molecule has 5 nitrogen and oxygen atoms in total. The molecule has 0 bridgehead atoms. The molecule has 0 spiro atoms. The van der Waals surface area contributed by atoms with Crippen molar-refractivity contribution in [1.82, 2.24) is 15.1 Å². The molecule has 3 rings (SSSR count). The Bertz CT molecular complexity index is 822. The maximum Gasteiger partial charge on any atom is 0.416 e. The van der Waals surface area contributed by atoms with Crippen molar-refractivity contribution in [1.29, 1.82) is 0 Å². The average Bonchev–Trinajstić information content (AvgIpc) is 2.75. The predicted molar refractivity (Wildman–Crippen MR) is 86.8 cm³/mol. The molecule has 8 heteroatoms. The number of amides is 1. The second-order valence-electron chi connectivity index (χ2n) is 6.44. The van der Waals surface area contributed by atoms with Crippen LogP contribution in [0.15, 0.2) is 24.3 Å². The fourth-order valence-corrected chi connectivity index (χ4v) is 3.25. The molecule has 0 unspecified atom stereocenters. The summed E-state index contributed by atoms with van der Waals surface area (Å²) in [7, 11) is 1.63. The van der Waals surface area contributed by atoms with Crippen LogP contribution in [0.1, 0.15) is 46.4 Å². The zero-order chi connectivity index (χ0) is 18.4. The summed E-state index contributed by atoms with van der Waals surface area (Å²) in [6.45, 7) is 1.67. The second kappa shape index (κ2) is 5.79. The summed E-state index contributed by atoms with van der Waals surface area (Å²) in [5.74, 6) is -0.186. The SMILES string of the molecule is Cc1nn(C)c(N)c1C(=O)NC1(c2cccc(C(F)(F)F)c2)CCC1. The lowest BCUT2D eigenvalue weighted by Gasteiger charge is -2.43. The zero-order valence-electron chi connectivity index (χ0n) is 13.9. The molecule has 1 aliphatic rings. The predicted octanol–water partition coefficient (Wildman–Crippen LogP) is 3.14. The minimum absolute atomic E-state index is 0.230. The lowest BCUT2D eigenvalue weighted by atomic mass is 9.71. The fraction of sp³-hybridized carbons (Fsp3) is 0.412. The highest BCUT2D eigenvalue weighted by molar-refractivity contribution is 6.00. The first-order chi connectivity index (χ1) is 11.6. The lowest BCUT2D eigenvalue weighted by Crippen LogP contribution is -2.51. The molecule has 1 aromatic carbocycles. The van der Waals surface area contributed by atoms with Gasteiger partial charge in [0.05, 0.1) is 16.8 Å². The van der Waals surface area contributed by atoms with Gasteiger partial charge in [0, 0.05) is 7.05 Å². The summed E-state index contributed by atoms with van der Waals surface area (Å²) in [6, 6.07) is 5.13. The van der Waals surface area contributed by atoms with E-state index in [0.717, 1.165) is 18.6 Å². The first-order valence-corrected chi connectivity index (χ1v) is 7.93. The van der Waals surface area contributed by atoms with Gasteiger partial charge in [0.15, 0.2) is 0 Å². The molecule has 134 valence electrons. The Kier molecular flexibility index (Phi) is 4.01. The van der Waals surface area contributed by atoms with Crippen molar-refractivity contribution in [3.05, 3.63) is 46.6 Å². The number of aryl methyl sites for hydroxylation is 2. The Morgan fingerprint density at radius 1 is 1.36 bits per heavy atom. The van der Waals surface area contributed by atoms with Crippen LogP contribution in [-0.2, 0) is 18.8 Å². The number of nitrogens with one attached hydrogen (secondary N) is 1. The van der Waals surface area contributed by atoms with Crippen LogP contribution in [0.5, 0.6) is 0 Å². The first-order valence-electron chi connectivity index (χ1n) is 7.93. The number of carbonyl (C=O) groups is 1. The Morgan fingerprint density at radius 3 is 2.52 bits per heavy atom. The van der Waals surface area contributed by atoms with Crippen LogP contribution in [0.25, 0.3) is 0 Å². The summed E-state index contributed by atoms with van der Waals surface area (Å²) in [4.78, 5) is 12.7. The third-order valence-corrected chi connectivity index (χ3v) is 4.80. The van der Waals surface area contributed by atoms with Crippen LogP contribution in [-0.4, -0.2) is 15.7 Å². The standard InChI is InChI=1S/C17H19F3N4O/c1-10-13(14(21)24(2)23-10)15(25)22-16(7-4-8-16)11-5-3-6-12(9-11)17(18,19)20/h3,5-6,9H,4,7-8,21H2,1-2H3,(H,22,25). The fourth-order valence-electron chi connectivity index (χ4n) is 3.25. The van der Waals surface area contributed by atoms with Gasteiger partial charge in [0.25, 0.3) is 5.91 Å². The average molecular weight is 352 g/mol. The Morgan fingerprint density at radius 2 is 2.04 bits per heavy atom. The topological polar surface area (TPSA) is 72.9 Å². The van der Waals surface area contributed by atoms with Crippen LogP contribution in [0.4, 0.5) is 19.0 Å². The van der Waals surface area contributed by atoms with Gasteiger partial charge in [0.1, 0.15) is 11.4 Å². The monoisotopic (exact) mass is 352 g/mol. The van der Waals surface area contributed by atoms with Crippen LogP contribution in [0, 0.1) is 6.92 Å². The summed E-state index contributed by atoms with van der Waals surface area (Å²) < 4.78 is 40.4. The summed E-state index contributed by atoms with van der Waals surface area (Å²) in [5, 5.41) is 7.00. The number of hydrogen-bond donors (Lipinski definition) is 2. The minimum Gasteiger partial charge on any atom is -0.383 e. The van der Waals surface area contributed by atoms with Crippen LogP contribution < -0.4 is 11.1 Å². The van der Waals surface area contributed by atoms with E-state index in [2.05, 4.69) is 10.4 Å². The Balaban J connectivity index is 1.93. The highest BCUT2D eigenvalue weighted by Gasteiger charge is 2.42. The summed E-state index contributed by atoms with van der Waals surface area (Å²) in [6.07, 6.45) is -2.42. The van der Waals surface area contributed by atoms with Crippen LogP contribution >= 0.6 is 0 Å². The van der Waals surface area contributed by atoms with E-state index in [9.17, 15) is 18.0 Å². The number of carbonyl (C=O) groups excluding carboxylic acids is 1. The van der Waals surface area contributed by atoms with Gasteiger partial charge in [-0.15, -0.1) is 0 Å². The third kappa shape index (κ3) is 2.96. The summed E-state index contributed by atoms with van der Waals surface area (Å²) >= 11 is 0. The normalized spacial score (nSPS) is 16.4. The molecule has 3 N–H and O–H groups in total. The van der Waals surface area contributed by atoms with Gasteiger partial charge in [-0.2, -0.15) is 18.3 Å². The molecule has 1 heterocycles. The van der Waals surface area contributed by atoms with E-state index in [4.69, 9.17) is 5.73 Å². The highest BCUT2D eigenvalue weighted by Crippen LogP contribution is 2.43. The molecule has 1 saturated carbocycles. The van der Waals surface area contributed by atoms with Crippen LogP contribution in [0.2, 0.25) is 0 Å². The number of rotatable bonds is 3. The van der Waals surface area contributed by atoms with Crippen molar-refractivity contribution >= 4 is 11.7 Å². The zero-order valence-corrected chi connectivity index (χ0v) is 13.9. The van der Waals surface area contributed by atoms with E-state index in [1.807, 2.05) is 0 Å². The van der Waals surface area contributed by atoms with E-state index in [1.54, 1.807) is 20.0 Å². The Hall–Kier alpha value is -2.51. The molecular weight excluding hydrogens is 333 g/mol. The number of anilines is 1. The largest absolute Gasteiger partial charge is 0.416 e. The van der Waals surface area contributed by atoms with Crippen molar-refractivity contribution in [3.8, 4) is 0 Å². The maximum absolute atomic E-state index is 13.0. The smallest absolute Gasteiger partial charge is 0.383 e. The maximum atomic E-state index is 13.0. The first kappa shape index (κ1) is 17.3. The molecule has 0 saturated heterocycles. The number of nitrogens with two attached hydrogens (primary N) is 1. The van der Waals surface area contributed by atoms with E-state index in [1.165, 1.54) is 10.7 Å². The van der Waals surface area contributed by atoms with Crippen molar-refractivity contribution < 1.29 is 18.0 Å². The lowest BCUT2D eigenvalue weighted by molar-refractivity contribution is -0.137. The number of aromatic nitrogens is 2. The van der Waals surface area contributed by atoms with E-state index in [0.29, 0.717) is 24.1 Å². The molecule has 2 aromatic rings. The van der Waals surface area contributed by atoms with Crippen molar-refractivity contribution in [3.63, 3.8) is 0 Å². The third-order valence-electron chi connectivity index (χ3n) is 4.80. The number of alkyl halides is 3. The quantitative estimate of drug-likeness (QED) is 0.891. The van der Waals surface area contributed by atoms with Gasteiger partial charge in [-0.25, -0.2) is 0 Å². The van der Waals surface area contributed by atoms with Crippen molar-refractivity contribution in [2.45, 2.75) is 37.9 Å². The Labute approximate surface area is 143 Å². The van der Waals surface area contributed by atoms with Gasteiger partial charge >= 0.3 is 6.18 Å². The van der Waals surface area contributed by atoms with Crippen molar-refractivity contribution in [2.75, 3.05) is 5.73 Å². The number of halogens is 3. The number of benzene rings is 1. The molecule has 1 fully saturated rings.